The normalized spacial score (nSPS) is 20.1. The maximum Gasteiger partial charge on any atom is 0.263 e. The van der Waals surface area contributed by atoms with Crippen LogP contribution >= 0.6 is 11.3 Å². The Morgan fingerprint density at radius 1 is 1.25 bits per heavy atom. The molecule has 20 heavy (non-hydrogen) atoms. The molecule has 0 unspecified atom stereocenters. The molecule has 1 amide bonds. The van der Waals surface area contributed by atoms with Crippen LogP contribution in [0.5, 0.6) is 0 Å². The molecule has 0 bridgehead atoms. The molecule has 1 aliphatic carbocycles. The molecule has 1 saturated heterocycles. The summed E-state index contributed by atoms with van der Waals surface area (Å²) in [6, 6.07) is 4.44. The van der Waals surface area contributed by atoms with E-state index in [9.17, 15) is 4.79 Å². The number of amides is 1. The monoisotopic (exact) mass is 288 g/mol. The Bertz CT molecular complexity index is 512. The fraction of sp³-hybridized carbons (Fsp3) is 0.625. The maximum absolute atomic E-state index is 12.6. The topological polar surface area (TPSA) is 44.1 Å². The van der Waals surface area contributed by atoms with E-state index >= 15 is 0 Å². The van der Waals surface area contributed by atoms with E-state index < -0.39 is 0 Å². The van der Waals surface area contributed by atoms with Crippen LogP contribution in [0.4, 0.5) is 0 Å². The average Bonchev–Trinajstić information content (AvgIpc) is 2.77. The first-order chi connectivity index (χ1) is 9.78. The highest BCUT2D eigenvalue weighted by Gasteiger charge is 2.25. The second kappa shape index (κ2) is 5.97. The van der Waals surface area contributed by atoms with Crippen LogP contribution in [0, 0.1) is 17.2 Å². The Kier molecular flexibility index (Phi) is 4.07. The first-order valence-corrected chi connectivity index (χ1v) is 8.40. The quantitative estimate of drug-likeness (QED) is 0.743. The molecule has 0 saturated carbocycles. The van der Waals surface area contributed by atoms with Gasteiger partial charge in [-0.1, -0.05) is 6.42 Å². The summed E-state index contributed by atoms with van der Waals surface area (Å²) in [6.45, 7) is 1.47. The van der Waals surface area contributed by atoms with E-state index in [2.05, 4.69) is 12.1 Å². The maximum atomic E-state index is 12.6. The third-order valence-electron chi connectivity index (χ3n) is 4.42. The lowest BCUT2D eigenvalue weighted by molar-refractivity contribution is 0.0712. The van der Waals surface area contributed by atoms with Gasteiger partial charge in [-0.05, 0) is 50.2 Å². The summed E-state index contributed by atoms with van der Waals surface area (Å²) < 4.78 is 0. The van der Waals surface area contributed by atoms with Gasteiger partial charge < -0.3 is 4.90 Å². The Morgan fingerprint density at radius 3 is 2.75 bits per heavy atom. The number of hydrogen-bond acceptors (Lipinski definition) is 3. The van der Waals surface area contributed by atoms with Crippen LogP contribution in [-0.2, 0) is 12.8 Å². The minimum absolute atomic E-state index is 0.138. The smallest absolute Gasteiger partial charge is 0.263 e. The van der Waals surface area contributed by atoms with Crippen LogP contribution in [0.1, 0.15) is 52.2 Å². The van der Waals surface area contributed by atoms with Crippen LogP contribution in [0.25, 0.3) is 0 Å². The first kappa shape index (κ1) is 13.6. The number of hydrogen-bond donors (Lipinski definition) is 0. The largest absolute Gasteiger partial charge is 0.338 e. The van der Waals surface area contributed by atoms with Gasteiger partial charge in [0.1, 0.15) is 0 Å². The molecule has 0 N–H and O–H groups in total. The zero-order chi connectivity index (χ0) is 13.9. The van der Waals surface area contributed by atoms with Crippen molar-refractivity contribution in [2.75, 3.05) is 13.1 Å². The van der Waals surface area contributed by atoms with E-state index in [1.165, 1.54) is 29.7 Å². The van der Waals surface area contributed by atoms with Crippen LogP contribution in [0.15, 0.2) is 6.07 Å². The van der Waals surface area contributed by atoms with Gasteiger partial charge in [-0.25, -0.2) is 0 Å². The minimum atomic E-state index is 0.138. The summed E-state index contributed by atoms with van der Waals surface area (Å²) in [6.07, 6.45) is 7.76. The van der Waals surface area contributed by atoms with E-state index in [1.807, 2.05) is 4.90 Å². The molecule has 0 spiro atoms. The lowest BCUT2D eigenvalue weighted by Crippen LogP contribution is -2.37. The highest BCUT2D eigenvalue weighted by Crippen LogP contribution is 2.30. The van der Waals surface area contributed by atoms with Gasteiger partial charge in [0.15, 0.2) is 0 Å². The molecular formula is C16H20N2OS. The van der Waals surface area contributed by atoms with E-state index in [1.54, 1.807) is 11.3 Å². The first-order valence-electron chi connectivity index (χ1n) is 7.58. The average molecular weight is 288 g/mol. The fourth-order valence-electron chi connectivity index (χ4n) is 3.14. The van der Waals surface area contributed by atoms with Gasteiger partial charge in [-0.2, -0.15) is 5.26 Å². The van der Waals surface area contributed by atoms with Crippen molar-refractivity contribution in [3.63, 3.8) is 0 Å². The fourth-order valence-corrected chi connectivity index (χ4v) is 4.36. The third-order valence-corrected chi connectivity index (χ3v) is 5.65. The van der Waals surface area contributed by atoms with Crippen molar-refractivity contribution in [1.29, 1.82) is 5.26 Å². The van der Waals surface area contributed by atoms with Crippen LogP contribution in [0.2, 0.25) is 0 Å². The number of nitrogens with zero attached hydrogens (tertiary/aromatic N) is 2. The highest BCUT2D eigenvalue weighted by atomic mass is 32.1. The molecule has 1 aliphatic heterocycles. The van der Waals surface area contributed by atoms with Crippen molar-refractivity contribution in [2.45, 2.75) is 44.9 Å². The van der Waals surface area contributed by atoms with E-state index in [4.69, 9.17) is 5.26 Å². The number of rotatable bonds is 1. The number of thiophene rings is 1. The number of piperidine rings is 1. The van der Waals surface area contributed by atoms with Crippen LogP contribution < -0.4 is 0 Å². The van der Waals surface area contributed by atoms with Gasteiger partial charge in [0.05, 0.1) is 10.9 Å². The van der Waals surface area contributed by atoms with E-state index in [0.29, 0.717) is 0 Å². The Labute approximate surface area is 124 Å². The SMILES string of the molecule is N#CC1CCN(C(=O)c2cc3c(s2)CCCCC3)CC1. The van der Waals surface area contributed by atoms with Gasteiger partial charge >= 0.3 is 0 Å². The van der Waals surface area contributed by atoms with Gasteiger partial charge in [-0.3, -0.25) is 4.79 Å². The van der Waals surface area contributed by atoms with Crippen molar-refractivity contribution in [2.24, 2.45) is 5.92 Å². The molecular weight excluding hydrogens is 268 g/mol. The molecule has 0 aromatic carbocycles. The molecule has 106 valence electrons. The minimum Gasteiger partial charge on any atom is -0.338 e. The number of carbonyl (C=O) groups excluding carboxylic acids is 1. The molecule has 2 aliphatic rings. The zero-order valence-electron chi connectivity index (χ0n) is 11.7. The lowest BCUT2D eigenvalue weighted by atomic mass is 9.98. The predicted molar refractivity (Wildman–Crippen MR) is 79.8 cm³/mol. The van der Waals surface area contributed by atoms with Gasteiger partial charge in [-0.15, -0.1) is 11.3 Å². The molecule has 1 aromatic rings. The van der Waals surface area contributed by atoms with Crippen molar-refractivity contribution < 1.29 is 4.79 Å². The third kappa shape index (κ3) is 2.73. The number of nitriles is 1. The van der Waals surface area contributed by atoms with Crippen molar-refractivity contribution in [3.8, 4) is 6.07 Å². The summed E-state index contributed by atoms with van der Waals surface area (Å²) >= 11 is 1.70. The van der Waals surface area contributed by atoms with Gasteiger partial charge in [0, 0.05) is 23.9 Å². The molecule has 1 fully saturated rings. The molecule has 2 heterocycles. The molecule has 0 radical (unpaired) electrons. The van der Waals surface area contributed by atoms with Crippen molar-refractivity contribution >= 4 is 17.2 Å². The molecule has 3 nitrogen and oxygen atoms in total. The lowest BCUT2D eigenvalue weighted by Gasteiger charge is -2.28. The standard InChI is InChI=1S/C16H20N2OS/c17-11-12-6-8-18(9-7-12)16(19)15-10-13-4-2-1-3-5-14(13)20-15/h10,12H,1-9H2. The Hall–Kier alpha value is -1.34. The number of fused-ring (bicyclic) bond motifs is 1. The van der Waals surface area contributed by atoms with E-state index in [0.717, 1.165) is 43.6 Å². The number of likely N-dealkylation sites (tertiary alicyclic amines) is 1. The van der Waals surface area contributed by atoms with Gasteiger partial charge in [0.2, 0.25) is 0 Å². The Balaban J connectivity index is 1.70. The second-order valence-electron chi connectivity index (χ2n) is 5.82. The predicted octanol–water partition coefficient (Wildman–Crippen LogP) is 3.39. The summed E-state index contributed by atoms with van der Waals surface area (Å²) in [5.74, 6) is 0.318. The van der Waals surface area contributed by atoms with Gasteiger partial charge in [0.25, 0.3) is 5.91 Å². The van der Waals surface area contributed by atoms with Crippen LogP contribution in [-0.4, -0.2) is 23.9 Å². The summed E-state index contributed by atoms with van der Waals surface area (Å²) in [5.41, 5.74) is 1.41. The highest BCUT2D eigenvalue weighted by molar-refractivity contribution is 7.14. The van der Waals surface area contributed by atoms with Crippen LogP contribution in [0.3, 0.4) is 0 Å². The van der Waals surface area contributed by atoms with Crippen molar-refractivity contribution in [3.05, 3.63) is 21.4 Å². The molecule has 1 aromatic heterocycles. The second-order valence-corrected chi connectivity index (χ2v) is 6.95. The number of aryl methyl sites for hydroxylation is 2. The summed E-state index contributed by atoms with van der Waals surface area (Å²) in [5, 5.41) is 8.92. The number of carbonyl (C=O) groups is 1. The Morgan fingerprint density at radius 2 is 2.00 bits per heavy atom. The zero-order valence-corrected chi connectivity index (χ0v) is 12.5. The molecule has 4 heteroatoms. The summed E-state index contributed by atoms with van der Waals surface area (Å²) in [4.78, 5) is 16.8. The van der Waals surface area contributed by atoms with E-state index in [-0.39, 0.29) is 11.8 Å². The molecule has 3 rings (SSSR count). The summed E-state index contributed by atoms with van der Waals surface area (Å²) in [7, 11) is 0. The molecule has 0 atom stereocenters. The van der Waals surface area contributed by atoms with Crippen molar-refractivity contribution in [1.82, 2.24) is 4.90 Å².